The van der Waals surface area contributed by atoms with E-state index in [-0.39, 0.29) is 28.1 Å². The lowest BCUT2D eigenvalue weighted by Gasteiger charge is -2.06. The molecule has 39 heavy (non-hydrogen) atoms. The lowest BCUT2D eigenvalue weighted by atomic mass is 10.2. The van der Waals surface area contributed by atoms with E-state index in [1.165, 1.54) is 60.3 Å². The fourth-order valence-corrected chi connectivity index (χ4v) is 4.87. The second-order valence-electron chi connectivity index (χ2n) is 8.48. The second kappa shape index (κ2) is 12.1. The van der Waals surface area contributed by atoms with Gasteiger partial charge in [-0.15, -0.1) is 5.10 Å². The molecule has 0 unspecified atom stereocenters. The number of amides is 1. The summed E-state index contributed by atoms with van der Waals surface area (Å²) in [7, 11) is -3.35. The number of phenols is 2. The van der Waals surface area contributed by atoms with Gasteiger partial charge < -0.3 is 15.5 Å². The van der Waals surface area contributed by atoms with E-state index in [0.717, 1.165) is 6.26 Å². The van der Waals surface area contributed by atoms with Crippen molar-refractivity contribution in [3.05, 3.63) is 84.2 Å². The van der Waals surface area contributed by atoms with E-state index in [2.05, 4.69) is 15.4 Å². The average molecular weight is 569 g/mol. The molecular weight excluding hydrogens is 543 g/mol. The molecule has 202 valence electrons. The molecule has 0 atom stereocenters. The predicted octanol–water partition coefficient (Wildman–Crippen LogP) is 4.20. The highest BCUT2D eigenvalue weighted by Gasteiger charge is 2.16. The maximum absolute atomic E-state index is 13.5. The average Bonchev–Trinajstić information content (AvgIpc) is 3.33. The lowest BCUT2D eigenvalue weighted by Crippen LogP contribution is -2.22. The molecule has 12 heteroatoms. The van der Waals surface area contributed by atoms with Gasteiger partial charge in [0, 0.05) is 30.2 Å². The SMILES string of the molecule is CS(=O)(=O)c1ccc(-c2nc(SCCCNC(=O)/C=C/c3ccc(O)c(O)c3)nn2-c2ccc(F)cc2)cc1. The first kappa shape index (κ1) is 27.9. The van der Waals surface area contributed by atoms with Crippen molar-refractivity contribution in [2.45, 2.75) is 16.5 Å². The number of aromatic nitrogens is 3. The first-order valence-corrected chi connectivity index (χ1v) is 14.6. The summed E-state index contributed by atoms with van der Waals surface area (Å²) in [6.45, 7) is 0.412. The van der Waals surface area contributed by atoms with Gasteiger partial charge in [0.2, 0.25) is 11.1 Å². The Morgan fingerprint density at radius 2 is 1.77 bits per heavy atom. The molecule has 0 bridgehead atoms. The summed E-state index contributed by atoms with van der Waals surface area (Å²) in [6.07, 6.45) is 4.64. The number of halogens is 1. The molecule has 4 aromatic rings. The van der Waals surface area contributed by atoms with Crippen LogP contribution in [0.3, 0.4) is 0 Å². The van der Waals surface area contributed by atoms with Crippen molar-refractivity contribution in [3.8, 4) is 28.6 Å². The van der Waals surface area contributed by atoms with Gasteiger partial charge in [-0.3, -0.25) is 4.79 Å². The van der Waals surface area contributed by atoms with E-state index in [4.69, 9.17) is 0 Å². The Morgan fingerprint density at radius 3 is 2.44 bits per heavy atom. The first-order chi connectivity index (χ1) is 18.6. The van der Waals surface area contributed by atoms with Gasteiger partial charge in [-0.2, -0.15) is 0 Å². The lowest BCUT2D eigenvalue weighted by molar-refractivity contribution is -0.116. The van der Waals surface area contributed by atoms with Gasteiger partial charge in [0.25, 0.3) is 0 Å². The van der Waals surface area contributed by atoms with E-state index in [0.29, 0.717) is 46.5 Å². The van der Waals surface area contributed by atoms with Gasteiger partial charge >= 0.3 is 0 Å². The standard InChI is InChI=1S/C27H25FN4O5S2/c1-39(36,37)22-11-5-19(6-12-22)26-30-27(31-32(26)21-9-7-20(28)8-10-21)38-16-2-15-29-25(35)14-4-18-3-13-23(33)24(34)17-18/h3-14,17,33-34H,2,15-16H2,1H3,(H,29,35)/b14-4+. The summed E-state index contributed by atoms with van der Waals surface area (Å²) in [4.78, 5) is 16.9. The summed E-state index contributed by atoms with van der Waals surface area (Å²) in [5, 5.41) is 26.7. The molecule has 1 aromatic heterocycles. The van der Waals surface area contributed by atoms with Gasteiger partial charge in [0.1, 0.15) is 5.82 Å². The van der Waals surface area contributed by atoms with Crippen LogP contribution in [0.2, 0.25) is 0 Å². The van der Waals surface area contributed by atoms with E-state index in [1.807, 2.05) is 0 Å². The van der Waals surface area contributed by atoms with Crippen LogP contribution in [0.15, 0.2) is 82.9 Å². The Bertz CT molecular complexity index is 1600. The summed E-state index contributed by atoms with van der Waals surface area (Å²) < 4.78 is 38.7. The fourth-order valence-electron chi connectivity index (χ4n) is 3.48. The second-order valence-corrected chi connectivity index (χ2v) is 11.6. The molecular formula is C27H25FN4O5S2. The van der Waals surface area contributed by atoms with Gasteiger partial charge in [-0.1, -0.05) is 17.8 Å². The van der Waals surface area contributed by atoms with E-state index >= 15 is 0 Å². The van der Waals surface area contributed by atoms with Gasteiger partial charge in [-0.25, -0.2) is 22.5 Å². The number of hydrogen-bond acceptors (Lipinski definition) is 8. The van der Waals surface area contributed by atoms with Crippen LogP contribution in [0.4, 0.5) is 4.39 Å². The number of carbonyl (C=O) groups is 1. The maximum atomic E-state index is 13.5. The molecule has 0 aliphatic heterocycles. The summed E-state index contributed by atoms with van der Waals surface area (Å²) in [6, 6.07) is 16.4. The topological polar surface area (TPSA) is 134 Å². The summed E-state index contributed by atoms with van der Waals surface area (Å²) >= 11 is 1.39. The van der Waals surface area contributed by atoms with Crippen LogP contribution < -0.4 is 5.32 Å². The predicted molar refractivity (Wildman–Crippen MR) is 147 cm³/mol. The van der Waals surface area contributed by atoms with Crippen molar-refractivity contribution in [2.75, 3.05) is 18.6 Å². The maximum Gasteiger partial charge on any atom is 0.243 e. The normalized spacial score (nSPS) is 11.6. The molecule has 0 radical (unpaired) electrons. The van der Waals surface area contributed by atoms with Crippen molar-refractivity contribution < 1.29 is 27.8 Å². The number of rotatable bonds is 10. The molecule has 3 aromatic carbocycles. The van der Waals surface area contributed by atoms with Gasteiger partial charge in [-0.05, 0) is 78.7 Å². The molecule has 9 nitrogen and oxygen atoms in total. The zero-order valence-corrected chi connectivity index (χ0v) is 22.4. The highest BCUT2D eigenvalue weighted by Crippen LogP contribution is 2.27. The minimum absolute atomic E-state index is 0.187. The quantitative estimate of drug-likeness (QED) is 0.112. The highest BCUT2D eigenvalue weighted by atomic mass is 32.2. The van der Waals surface area contributed by atoms with Crippen molar-refractivity contribution in [1.29, 1.82) is 0 Å². The molecule has 0 spiro atoms. The number of benzene rings is 3. The van der Waals surface area contributed by atoms with Crippen molar-refractivity contribution in [3.63, 3.8) is 0 Å². The third-order valence-corrected chi connectivity index (χ3v) is 7.53. The molecule has 4 rings (SSSR count). The number of thioether (sulfide) groups is 1. The van der Waals surface area contributed by atoms with Gasteiger partial charge in [0.05, 0.1) is 10.6 Å². The monoisotopic (exact) mass is 568 g/mol. The Morgan fingerprint density at radius 1 is 1.05 bits per heavy atom. The Kier molecular flexibility index (Phi) is 8.67. The largest absolute Gasteiger partial charge is 0.504 e. The molecule has 0 aliphatic rings. The van der Waals surface area contributed by atoms with Crippen molar-refractivity contribution in [2.24, 2.45) is 0 Å². The fraction of sp³-hybridized carbons (Fsp3) is 0.148. The van der Waals surface area contributed by atoms with Crippen LogP contribution >= 0.6 is 11.8 Å². The number of carbonyl (C=O) groups excluding carboxylic acids is 1. The number of nitrogens with one attached hydrogen (secondary N) is 1. The Hall–Kier alpha value is -4.16. The van der Waals surface area contributed by atoms with Crippen LogP contribution in [0.5, 0.6) is 11.5 Å². The van der Waals surface area contributed by atoms with Gasteiger partial charge in [0.15, 0.2) is 27.2 Å². The van der Waals surface area contributed by atoms with Crippen molar-refractivity contribution >= 4 is 33.6 Å². The summed E-state index contributed by atoms with van der Waals surface area (Å²) in [5.41, 5.74) is 1.81. The van der Waals surface area contributed by atoms with Crippen LogP contribution in [-0.2, 0) is 14.6 Å². The minimum atomic E-state index is -3.35. The number of sulfone groups is 1. The zero-order valence-electron chi connectivity index (χ0n) is 20.8. The molecule has 3 N–H and O–H groups in total. The molecule has 0 saturated heterocycles. The van der Waals surface area contributed by atoms with E-state index in [9.17, 15) is 27.8 Å². The first-order valence-electron chi connectivity index (χ1n) is 11.7. The minimum Gasteiger partial charge on any atom is -0.504 e. The molecule has 1 heterocycles. The smallest absolute Gasteiger partial charge is 0.243 e. The van der Waals surface area contributed by atoms with E-state index in [1.54, 1.807) is 35.0 Å². The molecule has 1 amide bonds. The molecule has 0 saturated carbocycles. The number of nitrogens with zero attached hydrogens (tertiary/aromatic N) is 3. The summed E-state index contributed by atoms with van der Waals surface area (Å²) in [5.74, 6) is -0.0998. The van der Waals surface area contributed by atoms with Crippen LogP contribution in [0, 0.1) is 5.82 Å². The number of aromatic hydroxyl groups is 2. The third-order valence-electron chi connectivity index (χ3n) is 5.48. The third kappa shape index (κ3) is 7.45. The van der Waals surface area contributed by atoms with Crippen LogP contribution in [0.25, 0.3) is 23.2 Å². The molecule has 0 fully saturated rings. The zero-order chi connectivity index (χ0) is 28.0. The van der Waals surface area contributed by atoms with E-state index < -0.39 is 9.84 Å². The highest BCUT2D eigenvalue weighted by molar-refractivity contribution is 7.99. The Labute approximate surface area is 229 Å². The van der Waals surface area contributed by atoms with Crippen LogP contribution in [-0.4, -0.2) is 57.9 Å². The number of hydrogen-bond donors (Lipinski definition) is 3. The Balaban J connectivity index is 1.39. The molecule has 0 aliphatic carbocycles. The number of phenolic OH excluding ortho intramolecular Hbond substituents is 2. The van der Waals surface area contributed by atoms with Crippen LogP contribution in [0.1, 0.15) is 12.0 Å². The van der Waals surface area contributed by atoms with Crippen molar-refractivity contribution in [1.82, 2.24) is 20.1 Å².